The Morgan fingerprint density at radius 3 is 2.83 bits per heavy atom. The Hall–Kier alpha value is -3.17. The lowest BCUT2D eigenvalue weighted by atomic mass is 10.2. The fourth-order valence-electron chi connectivity index (χ4n) is 3.37. The Morgan fingerprint density at radius 2 is 2.03 bits per heavy atom. The first-order chi connectivity index (χ1) is 14.1. The van der Waals surface area contributed by atoms with Gasteiger partial charge < -0.3 is 25.1 Å². The van der Waals surface area contributed by atoms with Gasteiger partial charge in [0.15, 0.2) is 5.75 Å². The van der Waals surface area contributed by atoms with Gasteiger partial charge in [-0.1, -0.05) is 6.07 Å². The summed E-state index contributed by atoms with van der Waals surface area (Å²) in [5.74, 6) is 1.59. The highest BCUT2D eigenvalue weighted by Crippen LogP contribution is 2.31. The highest BCUT2D eigenvalue weighted by molar-refractivity contribution is 5.87. The van der Waals surface area contributed by atoms with Crippen LogP contribution in [0.4, 0.5) is 4.79 Å². The molecule has 3 N–H and O–H groups in total. The topological polar surface area (TPSA) is 110 Å². The summed E-state index contributed by atoms with van der Waals surface area (Å²) in [5, 5.41) is 0. The Labute approximate surface area is 168 Å². The highest BCUT2D eigenvalue weighted by Gasteiger charge is 2.16. The van der Waals surface area contributed by atoms with E-state index >= 15 is 0 Å². The second-order valence-corrected chi connectivity index (χ2v) is 7.02. The van der Waals surface area contributed by atoms with E-state index in [2.05, 4.69) is 31.8 Å². The van der Waals surface area contributed by atoms with E-state index in [1.165, 1.54) is 0 Å². The standard InChI is InChI=1S/C20H24N6O3/c1-25-7-9-26(10-8-25)11-12-28-16-5-6-22-13-14(16)19-23-15-3-2-4-17(18(15)24-19)29-20(21)27/h2-6,13H,7-12H2,1H3,(H2,21,27)(H,23,24). The van der Waals surface area contributed by atoms with Crippen molar-refractivity contribution in [3.05, 3.63) is 36.7 Å². The summed E-state index contributed by atoms with van der Waals surface area (Å²) in [6, 6.07) is 7.09. The lowest BCUT2D eigenvalue weighted by Crippen LogP contribution is -2.45. The lowest BCUT2D eigenvalue weighted by Gasteiger charge is -2.32. The number of aromatic amines is 1. The number of imidazole rings is 1. The van der Waals surface area contributed by atoms with Gasteiger partial charge in [-0.2, -0.15) is 0 Å². The first-order valence-corrected chi connectivity index (χ1v) is 9.54. The summed E-state index contributed by atoms with van der Waals surface area (Å²) >= 11 is 0. The minimum absolute atomic E-state index is 0.305. The number of nitrogens with one attached hydrogen (secondary N) is 1. The SMILES string of the molecule is CN1CCN(CCOc2ccncc2-c2nc3c(OC(N)=O)cccc3[nH]2)CC1. The molecule has 29 heavy (non-hydrogen) atoms. The van der Waals surface area contributed by atoms with Crippen molar-refractivity contribution < 1.29 is 14.3 Å². The minimum Gasteiger partial charge on any atom is -0.491 e. The molecule has 1 aliphatic rings. The van der Waals surface area contributed by atoms with Crippen LogP contribution in [-0.2, 0) is 0 Å². The number of pyridine rings is 1. The molecule has 0 spiro atoms. The molecule has 3 aromatic rings. The number of likely N-dealkylation sites (N-methyl/N-ethyl adjacent to an activating group) is 1. The van der Waals surface area contributed by atoms with Crippen molar-refractivity contribution in [1.82, 2.24) is 24.8 Å². The van der Waals surface area contributed by atoms with Crippen LogP contribution in [0.15, 0.2) is 36.7 Å². The molecule has 1 fully saturated rings. The van der Waals surface area contributed by atoms with Crippen LogP contribution in [0.5, 0.6) is 11.5 Å². The molecule has 152 valence electrons. The predicted octanol–water partition coefficient (Wildman–Crippen LogP) is 1.71. The number of nitrogens with zero attached hydrogens (tertiary/aromatic N) is 4. The molecule has 2 aromatic heterocycles. The first-order valence-electron chi connectivity index (χ1n) is 9.54. The van der Waals surface area contributed by atoms with Crippen LogP contribution in [0.3, 0.4) is 0 Å². The van der Waals surface area contributed by atoms with Gasteiger partial charge >= 0.3 is 6.09 Å². The van der Waals surface area contributed by atoms with E-state index in [1.54, 1.807) is 24.5 Å². The van der Waals surface area contributed by atoms with Crippen molar-refractivity contribution in [1.29, 1.82) is 0 Å². The normalized spacial score (nSPS) is 15.5. The maximum atomic E-state index is 11.1. The minimum atomic E-state index is -0.878. The molecule has 1 amide bonds. The van der Waals surface area contributed by atoms with Crippen LogP contribution in [0.1, 0.15) is 0 Å². The third kappa shape index (κ3) is 4.47. The van der Waals surface area contributed by atoms with Gasteiger partial charge in [-0.05, 0) is 25.2 Å². The van der Waals surface area contributed by atoms with Crippen LogP contribution in [0.2, 0.25) is 0 Å². The van der Waals surface area contributed by atoms with E-state index in [-0.39, 0.29) is 0 Å². The molecule has 1 aliphatic heterocycles. The van der Waals surface area contributed by atoms with Gasteiger partial charge in [0, 0.05) is 45.1 Å². The quantitative estimate of drug-likeness (QED) is 0.653. The second kappa shape index (κ2) is 8.46. The third-order valence-electron chi connectivity index (χ3n) is 4.98. The Kier molecular flexibility index (Phi) is 5.59. The number of para-hydroxylation sites is 1. The summed E-state index contributed by atoms with van der Waals surface area (Å²) in [6.45, 7) is 5.71. The number of hydrogen-bond acceptors (Lipinski definition) is 7. The van der Waals surface area contributed by atoms with Gasteiger partial charge in [0.25, 0.3) is 0 Å². The van der Waals surface area contributed by atoms with Crippen molar-refractivity contribution in [3.63, 3.8) is 0 Å². The van der Waals surface area contributed by atoms with Gasteiger partial charge in [-0.3, -0.25) is 9.88 Å². The lowest BCUT2D eigenvalue weighted by molar-refractivity contribution is 0.134. The zero-order valence-electron chi connectivity index (χ0n) is 16.3. The van der Waals surface area contributed by atoms with Crippen LogP contribution in [-0.4, -0.2) is 77.2 Å². The number of primary amides is 1. The molecule has 0 unspecified atom stereocenters. The molecular formula is C20H24N6O3. The Bertz CT molecular complexity index is 997. The smallest absolute Gasteiger partial charge is 0.410 e. The molecule has 1 saturated heterocycles. The molecule has 9 nitrogen and oxygen atoms in total. The number of H-pyrrole nitrogens is 1. The first kappa shape index (κ1) is 19.2. The molecular weight excluding hydrogens is 372 g/mol. The number of ether oxygens (including phenoxy) is 2. The number of carbonyl (C=O) groups excluding carboxylic acids is 1. The molecule has 9 heteroatoms. The molecule has 1 aromatic carbocycles. The number of amides is 1. The molecule has 3 heterocycles. The largest absolute Gasteiger partial charge is 0.491 e. The number of aromatic nitrogens is 3. The highest BCUT2D eigenvalue weighted by atomic mass is 16.5. The number of rotatable bonds is 6. The number of benzene rings is 1. The fraction of sp³-hybridized carbons (Fsp3) is 0.350. The molecule has 0 aliphatic carbocycles. The Morgan fingerprint density at radius 1 is 1.21 bits per heavy atom. The summed E-state index contributed by atoms with van der Waals surface area (Å²) < 4.78 is 11.1. The monoisotopic (exact) mass is 396 g/mol. The van der Waals surface area contributed by atoms with Crippen molar-refractivity contribution in [2.24, 2.45) is 5.73 Å². The second-order valence-electron chi connectivity index (χ2n) is 7.02. The summed E-state index contributed by atoms with van der Waals surface area (Å²) in [4.78, 5) is 27.9. The molecule has 0 radical (unpaired) electrons. The number of hydrogen-bond donors (Lipinski definition) is 2. The van der Waals surface area contributed by atoms with Crippen LogP contribution < -0.4 is 15.2 Å². The van der Waals surface area contributed by atoms with E-state index in [0.29, 0.717) is 29.4 Å². The van der Waals surface area contributed by atoms with E-state index in [0.717, 1.165) is 43.8 Å². The predicted molar refractivity (Wildman–Crippen MR) is 109 cm³/mol. The van der Waals surface area contributed by atoms with Gasteiger partial charge in [-0.15, -0.1) is 0 Å². The van der Waals surface area contributed by atoms with Crippen molar-refractivity contribution in [2.75, 3.05) is 46.4 Å². The number of piperazine rings is 1. The molecule has 0 atom stereocenters. The maximum absolute atomic E-state index is 11.1. The third-order valence-corrected chi connectivity index (χ3v) is 4.98. The summed E-state index contributed by atoms with van der Waals surface area (Å²) in [5.41, 5.74) is 7.14. The zero-order valence-corrected chi connectivity index (χ0v) is 16.3. The van der Waals surface area contributed by atoms with Crippen molar-refractivity contribution >= 4 is 17.1 Å². The molecule has 0 bridgehead atoms. The number of fused-ring (bicyclic) bond motifs is 1. The average Bonchev–Trinajstić information content (AvgIpc) is 3.15. The summed E-state index contributed by atoms with van der Waals surface area (Å²) in [7, 11) is 2.14. The van der Waals surface area contributed by atoms with Crippen molar-refractivity contribution in [2.45, 2.75) is 0 Å². The van der Waals surface area contributed by atoms with Crippen LogP contribution >= 0.6 is 0 Å². The maximum Gasteiger partial charge on any atom is 0.410 e. The van der Waals surface area contributed by atoms with Crippen LogP contribution in [0, 0.1) is 0 Å². The number of nitrogens with two attached hydrogens (primary N) is 1. The summed E-state index contributed by atoms with van der Waals surface area (Å²) in [6.07, 6.45) is 2.52. The molecule has 4 rings (SSSR count). The van der Waals surface area contributed by atoms with E-state index in [9.17, 15) is 4.79 Å². The van der Waals surface area contributed by atoms with E-state index in [4.69, 9.17) is 15.2 Å². The van der Waals surface area contributed by atoms with Gasteiger partial charge in [0.1, 0.15) is 23.7 Å². The van der Waals surface area contributed by atoms with E-state index < -0.39 is 6.09 Å². The van der Waals surface area contributed by atoms with Crippen molar-refractivity contribution in [3.8, 4) is 22.9 Å². The van der Waals surface area contributed by atoms with Gasteiger partial charge in [0.2, 0.25) is 0 Å². The fourth-order valence-corrected chi connectivity index (χ4v) is 3.37. The molecule has 0 saturated carbocycles. The average molecular weight is 396 g/mol. The Balaban J connectivity index is 1.51. The zero-order chi connectivity index (χ0) is 20.2. The number of carbonyl (C=O) groups is 1. The van der Waals surface area contributed by atoms with Gasteiger partial charge in [0.05, 0.1) is 11.1 Å². The van der Waals surface area contributed by atoms with Gasteiger partial charge in [-0.25, -0.2) is 9.78 Å². The van der Waals surface area contributed by atoms with E-state index in [1.807, 2.05) is 12.1 Å². The van der Waals surface area contributed by atoms with Crippen LogP contribution in [0.25, 0.3) is 22.4 Å².